The quantitative estimate of drug-likeness (QED) is 0.730. The minimum Gasteiger partial charge on any atom is -0.324 e. The van der Waals surface area contributed by atoms with Crippen LogP contribution in [0.5, 0.6) is 0 Å². The number of aryl methyl sites for hydroxylation is 1. The zero-order valence-corrected chi connectivity index (χ0v) is 15.2. The van der Waals surface area contributed by atoms with Crippen molar-refractivity contribution < 1.29 is 4.79 Å². The zero-order chi connectivity index (χ0) is 17.8. The Morgan fingerprint density at radius 2 is 1.88 bits per heavy atom. The number of anilines is 1. The van der Waals surface area contributed by atoms with E-state index in [0.717, 1.165) is 15.6 Å². The number of benzene rings is 2. The van der Waals surface area contributed by atoms with Crippen LogP contribution in [0.15, 0.2) is 69.9 Å². The molecule has 0 bridgehead atoms. The summed E-state index contributed by atoms with van der Waals surface area (Å²) in [5.74, 6) is -0.304. The molecule has 1 aromatic heterocycles. The van der Waals surface area contributed by atoms with Gasteiger partial charge in [0.15, 0.2) is 0 Å². The number of halogens is 1. The van der Waals surface area contributed by atoms with Crippen LogP contribution in [0.2, 0.25) is 0 Å². The molecule has 0 atom stereocenters. The molecule has 0 aliphatic heterocycles. The summed E-state index contributed by atoms with van der Waals surface area (Å²) in [5, 5.41) is 7.08. The first-order valence-electron chi connectivity index (χ1n) is 7.72. The number of hydrogen-bond donors (Lipinski definition) is 1. The van der Waals surface area contributed by atoms with Gasteiger partial charge in [0.25, 0.3) is 5.56 Å². The molecular formula is C19H16BrN3O2. The molecule has 0 aliphatic rings. The van der Waals surface area contributed by atoms with Crippen LogP contribution in [-0.2, 0) is 11.3 Å². The van der Waals surface area contributed by atoms with Crippen LogP contribution >= 0.6 is 15.9 Å². The molecular weight excluding hydrogens is 382 g/mol. The van der Waals surface area contributed by atoms with Gasteiger partial charge in [-0.15, -0.1) is 0 Å². The van der Waals surface area contributed by atoms with Crippen LogP contribution in [0.25, 0.3) is 11.3 Å². The van der Waals surface area contributed by atoms with Gasteiger partial charge in [0.1, 0.15) is 6.54 Å². The van der Waals surface area contributed by atoms with Gasteiger partial charge in [0, 0.05) is 21.8 Å². The van der Waals surface area contributed by atoms with Crippen molar-refractivity contribution in [3.8, 4) is 11.3 Å². The molecule has 0 unspecified atom stereocenters. The summed E-state index contributed by atoms with van der Waals surface area (Å²) < 4.78 is 2.14. The van der Waals surface area contributed by atoms with E-state index in [9.17, 15) is 9.59 Å². The van der Waals surface area contributed by atoms with Gasteiger partial charge >= 0.3 is 0 Å². The van der Waals surface area contributed by atoms with Crippen LogP contribution < -0.4 is 10.9 Å². The van der Waals surface area contributed by atoms with Crippen molar-refractivity contribution >= 4 is 27.5 Å². The minimum absolute atomic E-state index is 0.144. The second kappa shape index (κ2) is 7.44. The lowest BCUT2D eigenvalue weighted by molar-refractivity contribution is -0.117. The first kappa shape index (κ1) is 17.1. The highest BCUT2D eigenvalue weighted by Gasteiger charge is 2.09. The van der Waals surface area contributed by atoms with Gasteiger partial charge in [-0.05, 0) is 36.8 Å². The normalized spacial score (nSPS) is 10.5. The minimum atomic E-state index is -0.318. The van der Waals surface area contributed by atoms with Gasteiger partial charge in [0.2, 0.25) is 5.91 Å². The van der Waals surface area contributed by atoms with Gasteiger partial charge in [-0.3, -0.25) is 9.59 Å². The standard InChI is InChI=1S/C19H16BrN3O2/c1-13-11-15(7-8-16(13)20)21-18(24)12-23-19(25)10-9-17(22-23)14-5-3-2-4-6-14/h2-11H,12H2,1H3,(H,21,24). The lowest BCUT2D eigenvalue weighted by atomic mass is 10.1. The summed E-state index contributed by atoms with van der Waals surface area (Å²) in [6.07, 6.45) is 0. The van der Waals surface area contributed by atoms with Crippen molar-refractivity contribution in [1.82, 2.24) is 9.78 Å². The van der Waals surface area contributed by atoms with Crippen molar-refractivity contribution in [2.24, 2.45) is 0 Å². The van der Waals surface area contributed by atoms with Crippen LogP contribution in [0.3, 0.4) is 0 Å². The summed E-state index contributed by atoms with van der Waals surface area (Å²) in [5.41, 5.74) is 2.91. The van der Waals surface area contributed by atoms with Gasteiger partial charge < -0.3 is 5.32 Å². The fourth-order valence-corrected chi connectivity index (χ4v) is 2.63. The van der Waals surface area contributed by atoms with Crippen molar-refractivity contribution in [1.29, 1.82) is 0 Å². The highest BCUT2D eigenvalue weighted by Crippen LogP contribution is 2.20. The lowest BCUT2D eigenvalue weighted by Crippen LogP contribution is -2.29. The van der Waals surface area contributed by atoms with E-state index < -0.39 is 0 Å². The van der Waals surface area contributed by atoms with Gasteiger partial charge in [-0.25, -0.2) is 4.68 Å². The molecule has 1 amide bonds. The molecule has 1 N–H and O–H groups in total. The average molecular weight is 398 g/mol. The number of carbonyl (C=O) groups excluding carboxylic acids is 1. The number of rotatable bonds is 4. The molecule has 1 heterocycles. The van der Waals surface area contributed by atoms with E-state index in [1.807, 2.05) is 49.4 Å². The highest BCUT2D eigenvalue weighted by atomic mass is 79.9. The van der Waals surface area contributed by atoms with E-state index in [-0.39, 0.29) is 18.0 Å². The second-order valence-electron chi connectivity index (χ2n) is 5.59. The second-order valence-corrected chi connectivity index (χ2v) is 6.45. The molecule has 0 saturated heterocycles. The average Bonchev–Trinajstić information content (AvgIpc) is 2.61. The molecule has 5 nitrogen and oxygen atoms in total. The van der Waals surface area contributed by atoms with Gasteiger partial charge in [0.05, 0.1) is 5.69 Å². The largest absolute Gasteiger partial charge is 0.324 e. The summed E-state index contributed by atoms with van der Waals surface area (Å²) in [6.45, 7) is 1.80. The summed E-state index contributed by atoms with van der Waals surface area (Å²) >= 11 is 3.42. The Hall–Kier alpha value is -2.73. The topological polar surface area (TPSA) is 64.0 Å². The number of amides is 1. The summed E-state index contributed by atoms with van der Waals surface area (Å²) in [6, 6.07) is 18.1. The third kappa shape index (κ3) is 4.22. The van der Waals surface area contributed by atoms with Crippen LogP contribution in [0.1, 0.15) is 5.56 Å². The van der Waals surface area contributed by atoms with E-state index in [1.54, 1.807) is 12.1 Å². The van der Waals surface area contributed by atoms with Crippen LogP contribution in [-0.4, -0.2) is 15.7 Å². The smallest absolute Gasteiger partial charge is 0.267 e. The van der Waals surface area contributed by atoms with Gasteiger partial charge in [-0.1, -0.05) is 46.3 Å². The Kier molecular flexibility index (Phi) is 5.09. The van der Waals surface area contributed by atoms with Crippen molar-refractivity contribution in [2.45, 2.75) is 13.5 Å². The maximum atomic E-state index is 12.3. The molecule has 3 rings (SSSR count). The molecule has 0 aliphatic carbocycles. The zero-order valence-electron chi connectivity index (χ0n) is 13.6. The van der Waals surface area contributed by atoms with Crippen LogP contribution in [0, 0.1) is 6.92 Å². The van der Waals surface area contributed by atoms with E-state index in [2.05, 4.69) is 26.3 Å². The molecule has 2 aromatic carbocycles. The van der Waals surface area contributed by atoms with E-state index in [0.29, 0.717) is 11.4 Å². The predicted octanol–water partition coefficient (Wildman–Crippen LogP) is 3.62. The molecule has 0 spiro atoms. The van der Waals surface area contributed by atoms with Gasteiger partial charge in [-0.2, -0.15) is 5.10 Å². The fourth-order valence-electron chi connectivity index (χ4n) is 2.38. The molecule has 25 heavy (non-hydrogen) atoms. The number of carbonyl (C=O) groups is 1. The first-order valence-corrected chi connectivity index (χ1v) is 8.52. The maximum absolute atomic E-state index is 12.3. The van der Waals surface area contributed by atoms with Crippen molar-refractivity contribution in [2.75, 3.05) is 5.32 Å². The van der Waals surface area contributed by atoms with Crippen molar-refractivity contribution in [3.05, 3.63) is 81.1 Å². The third-order valence-corrected chi connectivity index (χ3v) is 4.56. The van der Waals surface area contributed by atoms with E-state index >= 15 is 0 Å². The molecule has 3 aromatic rings. The van der Waals surface area contributed by atoms with E-state index in [1.165, 1.54) is 10.7 Å². The van der Waals surface area contributed by atoms with Crippen LogP contribution in [0.4, 0.5) is 5.69 Å². The fraction of sp³-hybridized carbons (Fsp3) is 0.105. The lowest BCUT2D eigenvalue weighted by Gasteiger charge is -2.09. The Morgan fingerprint density at radius 1 is 1.12 bits per heavy atom. The Labute approximate surface area is 153 Å². The molecule has 6 heteroatoms. The Balaban J connectivity index is 1.79. The highest BCUT2D eigenvalue weighted by molar-refractivity contribution is 9.10. The Bertz CT molecular complexity index is 968. The van der Waals surface area contributed by atoms with E-state index in [4.69, 9.17) is 0 Å². The third-order valence-electron chi connectivity index (χ3n) is 3.67. The summed E-state index contributed by atoms with van der Waals surface area (Å²) in [7, 11) is 0. The predicted molar refractivity (Wildman–Crippen MR) is 101 cm³/mol. The maximum Gasteiger partial charge on any atom is 0.267 e. The molecule has 0 radical (unpaired) electrons. The molecule has 126 valence electrons. The Morgan fingerprint density at radius 3 is 2.60 bits per heavy atom. The molecule has 0 fully saturated rings. The summed E-state index contributed by atoms with van der Waals surface area (Å²) in [4.78, 5) is 24.3. The monoisotopic (exact) mass is 397 g/mol. The molecule has 0 saturated carbocycles. The van der Waals surface area contributed by atoms with Crippen molar-refractivity contribution in [3.63, 3.8) is 0 Å². The number of hydrogen-bond acceptors (Lipinski definition) is 3. The number of aromatic nitrogens is 2. The first-order chi connectivity index (χ1) is 12.0. The SMILES string of the molecule is Cc1cc(NC(=O)Cn2nc(-c3ccccc3)ccc2=O)ccc1Br. The number of nitrogens with one attached hydrogen (secondary N) is 1. The number of nitrogens with zero attached hydrogens (tertiary/aromatic N) is 2.